The Hall–Kier alpha value is -1.81. The second kappa shape index (κ2) is 4.59. The van der Waals surface area contributed by atoms with Crippen LogP contribution >= 0.6 is 0 Å². The summed E-state index contributed by atoms with van der Waals surface area (Å²) in [5, 5.41) is 0.977. The summed E-state index contributed by atoms with van der Waals surface area (Å²) < 4.78 is 4.93. The molecule has 2 rings (SSSR count). The molecule has 0 bridgehead atoms. The number of aromatic amines is 1. The molecule has 0 spiro atoms. The second-order valence-corrected chi connectivity index (χ2v) is 4.02. The molecule has 4 nitrogen and oxygen atoms in total. The van der Waals surface area contributed by atoms with Crippen molar-refractivity contribution in [3.05, 3.63) is 35.5 Å². The zero-order valence-corrected chi connectivity index (χ0v) is 9.99. The van der Waals surface area contributed by atoms with Crippen LogP contribution in [-0.4, -0.2) is 17.6 Å². The zero-order chi connectivity index (χ0) is 12.4. The van der Waals surface area contributed by atoms with Crippen molar-refractivity contribution in [3.8, 4) is 0 Å². The minimum Gasteiger partial charge on any atom is -0.465 e. The zero-order valence-electron chi connectivity index (χ0n) is 9.99. The van der Waals surface area contributed by atoms with E-state index in [0.717, 1.165) is 22.0 Å². The molecule has 2 aromatic rings. The van der Waals surface area contributed by atoms with Gasteiger partial charge in [0, 0.05) is 22.7 Å². The molecule has 1 unspecified atom stereocenters. The SMILES string of the molecule is CCOC(=O)C(N)c1c[nH]c2ccc(C)cc12. The van der Waals surface area contributed by atoms with Gasteiger partial charge in [0.25, 0.3) is 0 Å². The molecule has 0 aliphatic carbocycles. The maximum atomic E-state index is 11.6. The van der Waals surface area contributed by atoms with Crippen molar-refractivity contribution in [2.45, 2.75) is 19.9 Å². The van der Waals surface area contributed by atoms with E-state index in [1.807, 2.05) is 25.1 Å². The standard InChI is InChI=1S/C13H16N2O2/c1-3-17-13(16)12(14)10-7-15-11-5-4-8(2)6-9(10)11/h4-7,12,15H,3,14H2,1-2H3. The molecule has 1 aromatic heterocycles. The van der Waals surface area contributed by atoms with Crippen LogP contribution < -0.4 is 5.73 Å². The van der Waals surface area contributed by atoms with Gasteiger partial charge in [0.05, 0.1) is 6.61 Å². The highest BCUT2D eigenvalue weighted by Crippen LogP contribution is 2.24. The van der Waals surface area contributed by atoms with Gasteiger partial charge in [-0.1, -0.05) is 11.6 Å². The summed E-state index contributed by atoms with van der Waals surface area (Å²) in [5.41, 5.74) is 8.78. The van der Waals surface area contributed by atoms with Crippen molar-refractivity contribution < 1.29 is 9.53 Å². The Bertz CT molecular complexity index is 545. The van der Waals surface area contributed by atoms with Crippen LogP contribution in [0.25, 0.3) is 10.9 Å². The van der Waals surface area contributed by atoms with E-state index >= 15 is 0 Å². The van der Waals surface area contributed by atoms with E-state index in [0.29, 0.717) is 6.61 Å². The first-order valence-corrected chi connectivity index (χ1v) is 5.63. The maximum absolute atomic E-state index is 11.6. The third kappa shape index (κ3) is 2.17. The minimum atomic E-state index is -0.731. The topological polar surface area (TPSA) is 68.1 Å². The number of nitrogens with one attached hydrogen (secondary N) is 1. The van der Waals surface area contributed by atoms with E-state index in [4.69, 9.17) is 10.5 Å². The van der Waals surface area contributed by atoms with Crippen LogP contribution in [0.1, 0.15) is 24.1 Å². The molecule has 1 aromatic carbocycles. The Balaban J connectivity index is 2.41. The Morgan fingerprint density at radius 3 is 3.00 bits per heavy atom. The average Bonchev–Trinajstić information content (AvgIpc) is 2.71. The van der Waals surface area contributed by atoms with Gasteiger partial charge in [-0.25, -0.2) is 4.79 Å². The van der Waals surface area contributed by atoms with Gasteiger partial charge in [0.15, 0.2) is 0 Å². The summed E-state index contributed by atoms with van der Waals surface area (Å²) in [5.74, 6) is -0.394. The summed E-state index contributed by atoms with van der Waals surface area (Å²) in [7, 11) is 0. The molecular weight excluding hydrogens is 216 g/mol. The average molecular weight is 232 g/mol. The summed E-state index contributed by atoms with van der Waals surface area (Å²) in [4.78, 5) is 14.7. The van der Waals surface area contributed by atoms with Crippen molar-refractivity contribution in [1.82, 2.24) is 4.98 Å². The fourth-order valence-corrected chi connectivity index (χ4v) is 1.87. The lowest BCUT2D eigenvalue weighted by molar-refractivity contribution is -0.144. The maximum Gasteiger partial charge on any atom is 0.327 e. The van der Waals surface area contributed by atoms with Crippen molar-refractivity contribution in [2.24, 2.45) is 5.73 Å². The number of carbonyl (C=O) groups is 1. The second-order valence-electron chi connectivity index (χ2n) is 4.02. The van der Waals surface area contributed by atoms with E-state index in [1.165, 1.54) is 0 Å². The lowest BCUT2D eigenvalue weighted by Gasteiger charge is -2.09. The summed E-state index contributed by atoms with van der Waals surface area (Å²) >= 11 is 0. The number of rotatable bonds is 3. The van der Waals surface area contributed by atoms with Gasteiger partial charge in [-0.2, -0.15) is 0 Å². The summed E-state index contributed by atoms with van der Waals surface area (Å²) in [6.45, 7) is 4.12. The van der Waals surface area contributed by atoms with Crippen LogP contribution in [-0.2, 0) is 9.53 Å². The molecule has 0 saturated carbocycles. The van der Waals surface area contributed by atoms with Crippen LogP contribution in [0.2, 0.25) is 0 Å². The van der Waals surface area contributed by atoms with Gasteiger partial charge in [-0.05, 0) is 26.0 Å². The molecule has 1 heterocycles. The van der Waals surface area contributed by atoms with E-state index in [-0.39, 0.29) is 0 Å². The van der Waals surface area contributed by atoms with Gasteiger partial charge < -0.3 is 15.5 Å². The molecule has 4 heteroatoms. The molecule has 1 atom stereocenters. The van der Waals surface area contributed by atoms with Gasteiger partial charge in [-0.15, -0.1) is 0 Å². The van der Waals surface area contributed by atoms with Crippen LogP contribution in [0.4, 0.5) is 0 Å². The molecular formula is C13H16N2O2. The largest absolute Gasteiger partial charge is 0.465 e. The number of carbonyl (C=O) groups excluding carboxylic acids is 1. The van der Waals surface area contributed by atoms with E-state index in [9.17, 15) is 4.79 Å². The number of nitrogens with two attached hydrogens (primary N) is 1. The van der Waals surface area contributed by atoms with Crippen molar-refractivity contribution >= 4 is 16.9 Å². The molecule has 0 fully saturated rings. The van der Waals surface area contributed by atoms with E-state index in [2.05, 4.69) is 4.98 Å². The molecule has 0 aliphatic rings. The van der Waals surface area contributed by atoms with Crippen molar-refractivity contribution in [3.63, 3.8) is 0 Å². The molecule has 0 saturated heterocycles. The molecule has 0 aliphatic heterocycles. The number of ether oxygens (including phenoxy) is 1. The fraction of sp³-hybridized carbons (Fsp3) is 0.308. The Morgan fingerprint density at radius 1 is 1.53 bits per heavy atom. The van der Waals surface area contributed by atoms with E-state index in [1.54, 1.807) is 13.1 Å². The number of fused-ring (bicyclic) bond motifs is 1. The molecule has 0 amide bonds. The molecule has 90 valence electrons. The predicted octanol–water partition coefficient (Wildman–Crippen LogP) is 2.04. The van der Waals surface area contributed by atoms with Gasteiger partial charge in [-0.3, -0.25) is 0 Å². The highest BCUT2D eigenvalue weighted by Gasteiger charge is 2.20. The highest BCUT2D eigenvalue weighted by molar-refractivity contribution is 5.89. The first-order valence-electron chi connectivity index (χ1n) is 5.63. The quantitative estimate of drug-likeness (QED) is 0.796. The van der Waals surface area contributed by atoms with Crippen LogP contribution in [0, 0.1) is 6.92 Å². The highest BCUT2D eigenvalue weighted by atomic mass is 16.5. The third-order valence-corrected chi connectivity index (χ3v) is 2.74. The summed E-state index contributed by atoms with van der Waals surface area (Å²) in [6, 6.07) is 5.27. The predicted molar refractivity (Wildman–Crippen MR) is 66.6 cm³/mol. The molecule has 0 radical (unpaired) electrons. The number of H-pyrrole nitrogens is 1. The normalized spacial score (nSPS) is 12.6. The first-order chi connectivity index (χ1) is 8.13. The Labute approximate surface area is 99.8 Å². The monoisotopic (exact) mass is 232 g/mol. The number of benzene rings is 1. The molecule has 3 N–H and O–H groups in total. The Morgan fingerprint density at radius 2 is 2.29 bits per heavy atom. The minimum absolute atomic E-state index is 0.341. The Kier molecular flexibility index (Phi) is 3.15. The number of aryl methyl sites for hydroxylation is 1. The fourth-order valence-electron chi connectivity index (χ4n) is 1.87. The summed E-state index contributed by atoms with van der Waals surface area (Å²) in [6.07, 6.45) is 1.77. The smallest absolute Gasteiger partial charge is 0.327 e. The van der Waals surface area contributed by atoms with Crippen LogP contribution in [0.3, 0.4) is 0 Å². The number of esters is 1. The molecule has 17 heavy (non-hydrogen) atoms. The lowest BCUT2D eigenvalue weighted by Crippen LogP contribution is -2.23. The number of hydrogen-bond donors (Lipinski definition) is 2. The van der Waals surface area contributed by atoms with Crippen molar-refractivity contribution in [1.29, 1.82) is 0 Å². The lowest BCUT2D eigenvalue weighted by atomic mass is 10.1. The van der Waals surface area contributed by atoms with Gasteiger partial charge in [0.2, 0.25) is 0 Å². The third-order valence-electron chi connectivity index (χ3n) is 2.74. The first kappa shape index (κ1) is 11.7. The van der Waals surface area contributed by atoms with Crippen LogP contribution in [0.15, 0.2) is 24.4 Å². The van der Waals surface area contributed by atoms with Gasteiger partial charge in [0.1, 0.15) is 6.04 Å². The number of hydrogen-bond acceptors (Lipinski definition) is 3. The van der Waals surface area contributed by atoms with Crippen molar-refractivity contribution in [2.75, 3.05) is 6.61 Å². The number of aromatic nitrogens is 1. The van der Waals surface area contributed by atoms with Crippen LogP contribution in [0.5, 0.6) is 0 Å². The van der Waals surface area contributed by atoms with Gasteiger partial charge >= 0.3 is 5.97 Å². The van der Waals surface area contributed by atoms with E-state index < -0.39 is 12.0 Å².